The molecule has 2 heterocycles. The van der Waals surface area contributed by atoms with Gasteiger partial charge < -0.3 is 15.1 Å². The molecule has 0 spiro atoms. The minimum absolute atomic E-state index is 0.102. The fourth-order valence-electron chi connectivity index (χ4n) is 2.27. The maximum absolute atomic E-state index is 11.7. The van der Waals surface area contributed by atoms with E-state index in [1.807, 2.05) is 17.0 Å². The number of likely N-dealkylation sites (tertiary alicyclic amines) is 1. The molecule has 1 saturated carbocycles. The van der Waals surface area contributed by atoms with Crippen LogP contribution >= 0.6 is 0 Å². The molecule has 1 amide bonds. The van der Waals surface area contributed by atoms with E-state index in [2.05, 4.69) is 0 Å². The van der Waals surface area contributed by atoms with Crippen molar-refractivity contribution in [3.63, 3.8) is 0 Å². The molecule has 0 radical (unpaired) electrons. The lowest BCUT2D eigenvalue weighted by molar-refractivity contribution is -0.130. The second-order valence-electron chi connectivity index (χ2n) is 4.07. The van der Waals surface area contributed by atoms with Gasteiger partial charge in [0.05, 0.1) is 18.7 Å². The number of carbonyl (C=O) groups excluding carboxylic acids is 1. The lowest BCUT2D eigenvalue weighted by Crippen LogP contribution is -2.32. The molecule has 0 aromatic carbocycles. The molecule has 4 nitrogen and oxygen atoms in total. The van der Waals surface area contributed by atoms with Crippen LogP contribution in [0.1, 0.15) is 5.76 Å². The van der Waals surface area contributed by atoms with Crippen molar-refractivity contribution < 1.29 is 9.21 Å². The predicted octanol–water partition coefficient (Wildman–Crippen LogP) is 0.195. The van der Waals surface area contributed by atoms with Gasteiger partial charge in [0, 0.05) is 18.5 Å². The Balaban J connectivity index is 1.69. The van der Waals surface area contributed by atoms with Gasteiger partial charge in [0.15, 0.2) is 0 Å². The summed E-state index contributed by atoms with van der Waals surface area (Å²) in [7, 11) is 0. The molecule has 3 rings (SSSR count). The van der Waals surface area contributed by atoms with E-state index in [1.54, 1.807) is 6.26 Å². The molecule has 74 valence electrons. The summed E-state index contributed by atoms with van der Waals surface area (Å²) in [6.07, 6.45) is 1.63. The van der Waals surface area contributed by atoms with E-state index in [-0.39, 0.29) is 17.9 Å². The number of nitrogens with zero attached hydrogens (tertiary/aromatic N) is 1. The first-order chi connectivity index (χ1) is 6.77. The van der Waals surface area contributed by atoms with Crippen molar-refractivity contribution in [3.05, 3.63) is 24.2 Å². The summed E-state index contributed by atoms with van der Waals surface area (Å²) in [5, 5.41) is 0. The number of rotatable bonds is 2. The molecule has 4 heteroatoms. The molecular formula is C10H12N2O2. The molecule has 2 fully saturated rings. The van der Waals surface area contributed by atoms with Gasteiger partial charge in [-0.1, -0.05) is 0 Å². The van der Waals surface area contributed by atoms with Crippen LogP contribution in [0.4, 0.5) is 0 Å². The summed E-state index contributed by atoms with van der Waals surface area (Å²) in [6, 6.07) is 3.84. The van der Waals surface area contributed by atoms with Crippen LogP contribution in [0, 0.1) is 11.8 Å². The van der Waals surface area contributed by atoms with Gasteiger partial charge >= 0.3 is 0 Å². The van der Waals surface area contributed by atoms with Gasteiger partial charge in [-0.05, 0) is 12.1 Å². The van der Waals surface area contributed by atoms with Crippen molar-refractivity contribution in [1.29, 1.82) is 0 Å². The highest BCUT2D eigenvalue weighted by Gasteiger charge is 2.59. The van der Waals surface area contributed by atoms with Crippen LogP contribution in [0.15, 0.2) is 22.8 Å². The van der Waals surface area contributed by atoms with Gasteiger partial charge in [0.1, 0.15) is 5.76 Å². The lowest BCUT2D eigenvalue weighted by atomic mass is 10.3. The number of hydrogen-bond acceptors (Lipinski definition) is 3. The van der Waals surface area contributed by atoms with E-state index in [0.717, 1.165) is 12.3 Å². The molecule has 1 aliphatic heterocycles. The highest BCUT2D eigenvalue weighted by molar-refractivity contribution is 5.86. The number of hydrogen-bond donors (Lipinski definition) is 1. The Kier molecular flexibility index (Phi) is 1.50. The Labute approximate surface area is 81.7 Å². The number of furan rings is 1. The van der Waals surface area contributed by atoms with Crippen LogP contribution in [0.5, 0.6) is 0 Å². The Morgan fingerprint density at radius 3 is 3.07 bits per heavy atom. The normalized spacial score (nSPS) is 34.8. The second-order valence-corrected chi connectivity index (χ2v) is 4.07. The summed E-state index contributed by atoms with van der Waals surface area (Å²) < 4.78 is 5.20. The lowest BCUT2D eigenvalue weighted by Gasteiger charge is -2.17. The first kappa shape index (κ1) is 8.05. The van der Waals surface area contributed by atoms with Crippen LogP contribution in [0.2, 0.25) is 0 Å². The van der Waals surface area contributed by atoms with E-state index in [4.69, 9.17) is 10.2 Å². The summed E-state index contributed by atoms with van der Waals surface area (Å²) in [5.41, 5.74) is 5.73. The SMILES string of the molecule is NC1C2CN(Cc3ccco3)C(=O)C12. The van der Waals surface area contributed by atoms with Crippen molar-refractivity contribution in [3.8, 4) is 0 Å². The first-order valence-electron chi connectivity index (χ1n) is 4.84. The molecule has 1 saturated heterocycles. The highest BCUT2D eigenvalue weighted by atomic mass is 16.3. The zero-order chi connectivity index (χ0) is 9.71. The van der Waals surface area contributed by atoms with Crippen LogP contribution in [0.3, 0.4) is 0 Å². The Bertz CT molecular complexity index is 360. The number of amides is 1. The zero-order valence-electron chi connectivity index (χ0n) is 7.72. The molecule has 2 aliphatic rings. The number of fused-ring (bicyclic) bond motifs is 1. The van der Waals surface area contributed by atoms with E-state index < -0.39 is 0 Å². The van der Waals surface area contributed by atoms with Crippen LogP contribution < -0.4 is 5.73 Å². The number of nitrogens with two attached hydrogens (primary N) is 1. The maximum Gasteiger partial charge on any atom is 0.228 e. The monoisotopic (exact) mass is 192 g/mol. The van der Waals surface area contributed by atoms with Gasteiger partial charge in [0.25, 0.3) is 0 Å². The predicted molar refractivity (Wildman–Crippen MR) is 49.1 cm³/mol. The van der Waals surface area contributed by atoms with Crippen molar-refractivity contribution in [2.45, 2.75) is 12.6 Å². The van der Waals surface area contributed by atoms with E-state index in [0.29, 0.717) is 12.5 Å². The van der Waals surface area contributed by atoms with Crippen molar-refractivity contribution >= 4 is 5.91 Å². The summed E-state index contributed by atoms with van der Waals surface area (Å²) in [4.78, 5) is 13.5. The van der Waals surface area contributed by atoms with Gasteiger partial charge in [-0.2, -0.15) is 0 Å². The fourth-order valence-corrected chi connectivity index (χ4v) is 2.27. The van der Waals surface area contributed by atoms with Gasteiger partial charge in [0.2, 0.25) is 5.91 Å². The smallest absolute Gasteiger partial charge is 0.228 e. The quantitative estimate of drug-likeness (QED) is 0.728. The zero-order valence-corrected chi connectivity index (χ0v) is 7.72. The van der Waals surface area contributed by atoms with Gasteiger partial charge in [-0.25, -0.2) is 0 Å². The summed E-state index contributed by atoms with van der Waals surface area (Å²) in [6.45, 7) is 1.39. The summed E-state index contributed by atoms with van der Waals surface area (Å²) >= 11 is 0. The average molecular weight is 192 g/mol. The molecule has 1 aromatic heterocycles. The fraction of sp³-hybridized carbons (Fsp3) is 0.500. The molecule has 3 atom stereocenters. The molecule has 1 aliphatic carbocycles. The third-order valence-corrected chi connectivity index (χ3v) is 3.18. The third kappa shape index (κ3) is 1.00. The standard InChI is InChI=1S/C10H12N2O2/c11-9-7-5-12(10(13)8(7)9)4-6-2-1-3-14-6/h1-3,7-9H,4-5,11H2. The van der Waals surface area contributed by atoms with Gasteiger partial charge in [-0.15, -0.1) is 0 Å². The molecule has 3 unspecified atom stereocenters. The minimum Gasteiger partial charge on any atom is -0.467 e. The molecule has 2 N–H and O–H groups in total. The van der Waals surface area contributed by atoms with Crippen molar-refractivity contribution in [1.82, 2.24) is 4.90 Å². The topological polar surface area (TPSA) is 59.5 Å². The molecule has 0 bridgehead atoms. The largest absolute Gasteiger partial charge is 0.467 e. The average Bonchev–Trinajstić information content (AvgIpc) is 2.58. The van der Waals surface area contributed by atoms with E-state index in [1.165, 1.54) is 0 Å². The van der Waals surface area contributed by atoms with E-state index in [9.17, 15) is 4.79 Å². The van der Waals surface area contributed by atoms with Crippen molar-refractivity contribution in [2.24, 2.45) is 17.6 Å². The third-order valence-electron chi connectivity index (χ3n) is 3.18. The van der Waals surface area contributed by atoms with Crippen LogP contribution in [-0.4, -0.2) is 23.4 Å². The molecular weight excluding hydrogens is 180 g/mol. The second kappa shape index (κ2) is 2.60. The highest BCUT2D eigenvalue weighted by Crippen LogP contribution is 2.45. The Morgan fingerprint density at radius 1 is 1.64 bits per heavy atom. The Morgan fingerprint density at radius 2 is 2.50 bits per heavy atom. The van der Waals surface area contributed by atoms with Crippen LogP contribution in [-0.2, 0) is 11.3 Å². The van der Waals surface area contributed by atoms with Crippen LogP contribution in [0.25, 0.3) is 0 Å². The maximum atomic E-state index is 11.7. The van der Waals surface area contributed by atoms with Gasteiger partial charge in [-0.3, -0.25) is 4.79 Å². The first-order valence-corrected chi connectivity index (χ1v) is 4.84. The number of piperidine rings is 1. The summed E-state index contributed by atoms with van der Waals surface area (Å²) in [5.74, 6) is 1.54. The minimum atomic E-state index is 0.102. The Hall–Kier alpha value is -1.29. The molecule has 14 heavy (non-hydrogen) atoms. The molecule has 1 aromatic rings. The van der Waals surface area contributed by atoms with Crippen molar-refractivity contribution in [2.75, 3.05) is 6.54 Å². The van der Waals surface area contributed by atoms with E-state index >= 15 is 0 Å². The number of carbonyl (C=O) groups is 1.